The Labute approximate surface area is 120 Å². The van der Waals surface area contributed by atoms with Gasteiger partial charge in [-0.2, -0.15) is 0 Å². The lowest BCUT2D eigenvalue weighted by atomic mass is 10.2. The summed E-state index contributed by atoms with van der Waals surface area (Å²) in [6.45, 7) is -0.0886. The number of benzene rings is 1. The molecule has 1 aromatic rings. The van der Waals surface area contributed by atoms with Gasteiger partial charge in [-0.05, 0) is 25.0 Å². The average Bonchev–Trinajstić information content (AvgIpc) is 2.89. The van der Waals surface area contributed by atoms with Crippen molar-refractivity contribution >= 4 is 11.6 Å². The van der Waals surface area contributed by atoms with Gasteiger partial charge in [-0.15, -0.1) is 13.2 Å². The van der Waals surface area contributed by atoms with Crippen molar-refractivity contribution in [2.24, 2.45) is 0 Å². The zero-order chi connectivity index (χ0) is 15.3. The molecule has 0 aromatic heterocycles. The highest BCUT2D eigenvalue weighted by Crippen LogP contribution is 2.29. The third-order valence-corrected chi connectivity index (χ3v) is 3.27. The number of carbonyl (C=O) groups is 1. The van der Waals surface area contributed by atoms with Crippen LogP contribution in [0.4, 0.5) is 18.9 Å². The van der Waals surface area contributed by atoms with Crippen LogP contribution in [0.25, 0.3) is 0 Å². The third-order valence-electron chi connectivity index (χ3n) is 3.27. The molecule has 0 saturated heterocycles. The van der Waals surface area contributed by atoms with Gasteiger partial charge >= 0.3 is 6.36 Å². The lowest BCUT2D eigenvalue weighted by Gasteiger charge is -2.15. The lowest BCUT2D eigenvalue weighted by Crippen LogP contribution is -2.36. The maximum atomic E-state index is 12.3. The molecule has 0 spiro atoms. The van der Waals surface area contributed by atoms with Crippen LogP contribution in [0.2, 0.25) is 0 Å². The van der Waals surface area contributed by atoms with Crippen molar-refractivity contribution in [3.63, 3.8) is 0 Å². The average molecular weight is 302 g/mol. The minimum atomic E-state index is -4.76. The maximum absolute atomic E-state index is 12.3. The summed E-state index contributed by atoms with van der Waals surface area (Å²) in [5.74, 6) is -0.581. The molecule has 0 radical (unpaired) electrons. The van der Waals surface area contributed by atoms with Crippen LogP contribution in [0.1, 0.15) is 25.7 Å². The summed E-state index contributed by atoms with van der Waals surface area (Å²) in [6, 6.07) is 5.82. The smallest absolute Gasteiger partial charge is 0.404 e. The van der Waals surface area contributed by atoms with Gasteiger partial charge in [0.2, 0.25) is 5.91 Å². The molecule has 4 nitrogen and oxygen atoms in total. The topological polar surface area (TPSA) is 50.4 Å². The summed E-state index contributed by atoms with van der Waals surface area (Å²) in [4.78, 5) is 11.7. The highest BCUT2D eigenvalue weighted by Gasteiger charge is 2.32. The predicted molar refractivity (Wildman–Crippen MR) is 72.0 cm³/mol. The van der Waals surface area contributed by atoms with E-state index in [4.69, 9.17) is 0 Å². The van der Waals surface area contributed by atoms with Crippen LogP contribution in [0.15, 0.2) is 24.3 Å². The number of alkyl halides is 3. The molecule has 116 valence electrons. The Morgan fingerprint density at radius 2 is 1.90 bits per heavy atom. The second-order valence-corrected chi connectivity index (χ2v) is 4.95. The Balaban J connectivity index is 1.88. The fourth-order valence-corrected chi connectivity index (χ4v) is 2.35. The number of ether oxygens (including phenoxy) is 1. The van der Waals surface area contributed by atoms with Gasteiger partial charge in [-0.25, -0.2) is 0 Å². The van der Waals surface area contributed by atoms with Crippen LogP contribution in [-0.2, 0) is 4.79 Å². The van der Waals surface area contributed by atoms with Gasteiger partial charge in [-0.3, -0.25) is 4.79 Å². The van der Waals surface area contributed by atoms with Gasteiger partial charge in [0.15, 0.2) is 5.75 Å². The Bertz CT molecular complexity index is 485. The minimum absolute atomic E-state index is 0.0886. The van der Waals surface area contributed by atoms with Gasteiger partial charge in [-0.1, -0.05) is 25.0 Å². The number of anilines is 1. The van der Waals surface area contributed by atoms with Gasteiger partial charge in [0.1, 0.15) is 0 Å². The molecular formula is C14H17F3N2O2. The fraction of sp³-hybridized carbons (Fsp3) is 0.500. The lowest BCUT2D eigenvalue weighted by molar-refractivity contribution is -0.274. The summed E-state index contributed by atoms with van der Waals surface area (Å²) in [5, 5.41) is 5.52. The Morgan fingerprint density at radius 1 is 1.24 bits per heavy atom. The van der Waals surface area contributed by atoms with Crippen LogP contribution in [0.3, 0.4) is 0 Å². The number of halogens is 3. The van der Waals surface area contributed by atoms with E-state index in [1.54, 1.807) is 6.07 Å². The van der Waals surface area contributed by atoms with E-state index in [-0.39, 0.29) is 29.9 Å². The minimum Gasteiger partial charge on any atom is -0.404 e. The van der Waals surface area contributed by atoms with E-state index < -0.39 is 6.36 Å². The van der Waals surface area contributed by atoms with E-state index in [1.165, 1.54) is 18.2 Å². The van der Waals surface area contributed by atoms with Crippen LogP contribution in [-0.4, -0.2) is 24.9 Å². The quantitative estimate of drug-likeness (QED) is 0.879. The van der Waals surface area contributed by atoms with E-state index in [9.17, 15) is 18.0 Å². The second-order valence-electron chi connectivity index (χ2n) is 4.95. The van der Waals surface area contributed by atoms with Gasteiger partial charge in [0.25, 0.3) is 0 Å². The molecule has 1 aliphatic rings. The molecule has 0 unspecified atom stereocenters. The highest BCUT2D eigenvalue weighted by atomic mass is 19.4. The van der Waals surface area contributed by atoms with E-state index in [2.05, 4.69) is 15.4 Å². The SMILES string of the molecule is O=C(CNc1ccccc1OC(F)(F)F)NC1CCCC1. The number of hydrogen-bond donors (Lipinski definition) is 2. The predicted octanol–water partition coefficient (Wildman–Crippen LogP) is 3.06. The molecule has 0 heterocycles. The van der Waals surface area contributed by atoms with Gasteiger partial charge in [0.05, 0.1) is 12.2 Å². The van der Waals surface area contributed by atoms with Crippen molar-refractivity contribution in [3.05, 3.63) is 24.3 Å². The van der Waals surface area contributed by atoms with Crippen molar-refractivity contribution in [1.29, 1.82) is 0 Å². The molecule has 1 fully saturated rings. The normalized spacial score (nSPS) is 15.8. The van der Waals surface area contributed by atoms with Crippen LogP contribution in [0.5, 0.6) is 5.75 Å². The summed E-state index contributed by atoms with van der Waals surface area (Å²) in [5.41, 5.74) is 0.136. The summed E-state index contributed by atoms with van der Waals surface area (Å²) in [6.07, 6.45) is -0.649. The summed E-state index contributed by atoms with van der Waals surface area (Å²) >= 11 is 0. The Morgan fingerprint density at radius 3 is 2.57 bits per heavy atom. The van der Waals surface area contributed by atoms with E-state index in [0.29, 0.717) is 0 Å². The van der Waals surface area contributed by atoms with Crippen molar-refractivity contribution in [2.75, 3.05) is 11.9 Å². The molecule has 1 saturated carbocycles. The van der Waals surface area contributed by atoms with Crippen molar-refractivity contribution in [1.82, 2.24) is 5.32 Å². The Hall–Kier alpha value is -1.92. The zero-order valence-electron chi connectivity index (χ0n) is 11.4. The van der Waals surface area contributed by atoms with Crippen molar-refractivity contribution in [2.45, 2.75) is 38.1 Å². The molecule has 7 heteroatoms. The van der Waals surface area contributed by atoms with Gasteiger partial charge < -0.3 is 15.4 Å². The second kappa shape index (κ2) is 6.69. The molecule has 1 amide bonds. The first-order valence-corrected chi connectivity index (χ1v) is 6.82. The van der Waals surface area contributed by atoms with E-state index in [0.717, 1.165) is 25.7 Å². The molecule has 0 atom stereocenters. The maximum Gasteiger partial charge on any atom is 0.573 e. The standard InChI is InChI=1S/C14H17F3N2O2/c15-14(16,17)21-12-8-4-3-7-11(12)18-9-13(20)19-10-5-1-2-6-10/h3-4,7-8,10,18H,1-2,5-6,9H2,(H,19,20). The number of hydrogen-bond acceptors (Lipinski definition) is 3. The van der Waals surface area contributed by atoms with Crippen molar-refractivity contribution in [3.8, 4) is 5.75 Å². The molecule has 2 rings (SSSR count). The van der Waals surface area contributed by atoms with Crippen molar-refractivity contribution < 1.29 is 22.7 Å². The zero-order valence-corrected chi connectivity index (χ0v) is 11.4. The number of rotatable bonds is 5. The van der Waals surface area contributed by atoms with Crippen LogP contribution >= 0.6 is 0 Å². The molecule has 0 bridgehead atoms. The number of carbonyl (C=O) groups excluding carboxylic acids is 1. The molecule has 1 aliphatic carbocycles. The largest absolute Gasteiger partial charge is 0.573 e. The monoisotopic (exact) mass is 302 g/mol. The number of amides is 1. The van der Waals surface area contributed by atoms with E-state index >= 15 is 0 Å². The summed E-state index contributed by atoms with van der Waals surface area (Å²) in [7, 11) is 0. The molecule has 21 heavy (non-hydrogen) atoms. The van der Waals surface area contributed by atoms with Crippen LogP contribution in [0, 0.1) is 0 Å². The molecule has 2 N–H and O–H groups in total. The molecular weight excluding hydrogens is 285 g/mol. The van der Waals surface area contributed by atoms with Crippen LogP contribution < -0.4 is 15.4 Å². The Kier molecular flexibility index (Phi) is 4.93. The molecule has 1 aromatic carbocycles. The summed E-state index contributed by atoms with van der Waals surface area (Å²) < 4.78 is 40.7. The first-order valence-electron chi connectivity index (χ1n) is 6.82. The number of para-hydroxylation sites is 2. The third kappa shape index (κ3) is 5.17. The highest BCUT2D eigenvalue weighted by molar-refractivity contribution is 5.81. The number of nitrogens with one attached hydrogen (secondary N) is 2. The molecule has 0 aliphatic heterocycles. The fourth-order valence-electron chi connectivity index (χ4n) is 2.35. The van der Waals surface area contributed by atoms with E-state index in [1.807, 2.05) is 0 Å². The first kappa shape index (κ1) is 15.5. The van der Waals surface area contributed by atoms with Gasteiger partial charge in [0, 0.05) is 6.04 Å². The first-order chi connectivity index (χ1) is 9.94.